The molecular weight excluding hydrogens is 384 g/mol. The average molecular weight is 389 g/mol. The van der Waals surface area contributed by atoms with E-state index in [9.17, 15) is 0 Å². The Balaban J connectivity index is 2.69. The molecule has 1 aliphatic heterocycles. The maximum Gasteiger partial charge on any atom is 0.231 e. The summed E-state index contributed by atoms with van der Waals surface area (Å²) in [6.45, 7) is 0.273. The zero-order valence-corrected chi connectivity index (χ0v) is 10.2. The summed E-state index contributed by atoms with van der Waals surface area (Å²) >= 11 is 4.38. The Labute approximate surface area is 96.9 Å². The predicted octanol–water partition coefficient (Wildman–Crippen LogP) is 2.21. The van der Waals surface area contributed by atoms with Crippen LogP contribution in [0.1, 0.15) is 0 Å². The highest BCUT2D eigenvalue weighted by Crippen LogP contribution is 2.43. The van der Waals surface area contributed by atoms with E-state index in [4.69, 9.17) is 15.2 Å². The Hall–Kier alpha value is 0.0800. The SMILES string of the molecule is Nc1c(I)cc(I)c2c1OCO2. The fourth-order valence-corrected chi connectivity index (χ4v) is 2.88. The van der Waals surface area contributed by atoms with Crippen molar-refractivity contribution in [1.82, 2.24) is 0 Å². The van der Waals surface area contributed by atoms with Crippen molar-refractivity contribution < 1.29 is 9.47 Å². The highest BCUT2D eigenvalue weighted by atomic mass is 127. The second-order valence-electron chi connectivity index (χ2n) is 2.32. The Morgan fingerprint density at radius 3 is 2.58 bits per heavy atom. The van der Waals surface area contributed by atoms with Crippen LogP contribution in [-0.4, -0.2) is 6.79 Å². The third-order valence-corrected chi connectivity index (χ3v) is 3.28. The van der Waals surface area contributed by atoms with E-state index in [1.54, 1.807) is 0 Å². The number of fused-ring (bicyclic) bond motifs is 1. The fraction of sp³-hybridized carbons (Fsp3) is 0.143. The summed E-state index contributed by atoms with van der Waals surface area (Å²) in [5.41, 5.74) is 6.46. The minimum absolute atomic E-state index is 0.273. The van der Waals surface area contributed by atoms with Gasteiger partial charge >= 0.3 is 0 Å². The topological polar surface area (TPSA) is 44.5 Å². The molecule has 5 heteroatoms. The van der Waals surface area contributed by atoms with Crippen molar-refractivity contribution in [2.45, 2.75) is 0 Å². The Morgan fingerprint density at radius 2 is 1.83 bits per heavy atom. The van der Waals surface area contributed by atoms with Crippen molar-refractivity contribution in [2.24, 2.45) is 0 Å². The fourth-order valence-electron chi connectivity index (χ4n) is 1.02. The molecule has 1 heterocycles. The number of ether oxygens (including phenoxy) is 2. The van der Waals surface area contributed by atoms with Gasteiger partial charge < -0.3 is 15.2 Å². The third-order valence-electron chi connectivity index (χ3n) is 1.59. The van der Waals surface area contributed by atoms with Crippen molar-refractivity contribution in [3.05, 3.63) is 13.2 Å². The van der Waals surface area contributed by atoms with Gasteiger partial charge in [0, 0.05) is 3.57 Å². The molecule has 0 unspecified atom stereocenters. The van der Waals surface area contributed by atoms with Crippen LogP contribution in [0.2, 0.25) is 0 Å². The van der Waals surface area contributed by atoms with Crippen LogP contribution in [0.25, 0.3) is 0 Å². The average Bonchev–Trinajstić information content (AvgIpc) is 2.48. The van der Waals surface area contributed by atoms with E-state index in [1.165, 1.54) is 0 Å². The number of rotatable bonds is 0. The van der Waals surface area contributed by atoms with Gasteiger partial charge in [-0.1, -0.05) is 0 Å². The molecule has 0 aromatic heterocycles. The van der Waals surface area contributed by atoms with Crippen LogP contribution >= 0.6 is 45.2 Å². The van der Waals surface area contributed by atoms with Crippen LogP contribution in [0.3, 0.4) is 0 Å². The second kappa shape index (κ2) is 3.09. The van der Waals surface area contributed by atoms with E-state index < -0.39 is 0 Å². The van der Waals surface area contributed by atoms with Gasteiger partial charge in [0.2, 0.25) is 6.79 Å². The minimum Gasteiger partial charge on any atom is -0.452 e. The molecule has 2 N–H and O–H groups in total. The lowest BCUT2D eigenvalue weighted by Crippen LogP contribution is -1.95. The molecule has 64 valence electrons. The zero-order valence-electron chi connectivity index (χ0n) is 5.93. The first kappa shape index (κ1) is 8.67. The molecular formula is C7H5I2NO2. The summed E-state index contributed by atoms with van der Waals surface area (Å²) in [6.07, 6.45) is 0. The Kier molecular flexibility index (Phi) is 2.23. The van der Waals surface area contributed by atoms with E-state index in [0.29, 0.717) is 11.4 Å². The van der Waals surface area contributed by atoms with Crippen LogP contribution in [0.15, 0.2) is 6.07 Å². The van der Waals surface area contributed by atoms with Gasteiger partial charge in [-0.05, 0) is 51.2 Å². The van der Waals surface area contributed by atoms with Crippen LogP contribution in [-0.2, 0) is 0 Å². The van der Waals surface area contributed by atoms with Crippen LogP contribution < -0.4 is 15.2 Å². The van der Waals surface area contributed by atoms with Gasteiger partial charge in [-0.15, -0.1) is 0 Å². The molecule has 0 saturated heterocycles. The van der Waals surface area contributed by atoms with Crippen LogP contribution in [0, 0.1) is 7.14 Å². The van der Waals surface area contributed by atoms with Gasteiger partial charge in [0.25, 0.3) is 0 Å². The third kappa shape index (κ3) is 1.22. The first-order valence-corrected chi connectivity index (χ1v) is 5.39. The molecule has 0 amide bonds. The number of anilines is 1. The summed E-state index contributed by atoms with van der Waals surface area (Å²) in [5.74, 6) is 1.46. The lowest BCUT2D eigenvalue weighted by Gasteiger charge is -2.04. The molecule has 1 aliphatic rings. The van der Waals surface area contributed by atoms with Gasteiger partial charge in [-0.25, -0.2) is 0 Å². The zero-order chi connectivity index (χ0) is 8.72. The number of nitrogen functional groups attached to an aromatic ring is 1. The van der Waals surface area contributed by atoms with Crippen molar-refractivity contribution >= 4 is 50.9 Å². The summed E-state index contributed by atoms with van der Waals surface area (Å²) in [4.78, 5) is 0. The lowest BCUT2D eigenvalue weighted by molar-refractivity contribution is 0.174. The van der Waals surface area contributed by atoms with E-state index in [2.05, 4.69) is 45.2 Å². The molecule has 0 aliphatic carbocycles. The largest absolute Gasteiger partial charge is 0.452 e. The van der Waals surface area contributed by atoms with Gasteiger partial charge in [-0.2, -0.15) is 0 Å². The molecule has 3 nitrogen and oxygen atoms in total. The van der Waals surface area contributed by atoms with Gasteiger partial charge in [-0.3, -0.25) is 0 Å². The molecule has 1 aromatic rings. The number of halogens is 2. The quantitative estimate of drug-likeness (QED) is 0.547. The molecule has 0 spiro atoms. The number of benzene rings is 1. The first-order chi connectivity index (χ1) is 5.70. The standard InChI is InChI=1S/C7H5I2NO2/c8-3-1-4(9)6-7(5(3)10)12-2-11-6/h1H,2,10H2. The highest BCUT2D eigenvalue weighted by Gasteiger charge is 2.21. The van der Waals surface area contributed by atoms with Crippen LogP contribution in [0.5, 0.6) is 11.5 Å². The van der Waals surface area contributed by atoms with Gasteiger partial charge in [0.05, 0.1) is 9.26 Å². The molecule has 0 radical (unpaired) electrons. The number of hydrogen-bond donors (Lipinski definition) is 1. The Morgan fingerprint density at radius 1 is 1.17 bits per heavy atom. The van der Waals surface area contributed by atoms with Gasteiger partial charge in [0.1, 0.15) is 0 Å². The van der Waals surface area contributed by atoms with Crippen molar-refractivity contribution in [3.63, 3.8) is 0 Å². The molecule has 12 heavy (non-hydrogen) atoms. The summed E-state index contributed by atoms with van der Waals surface area (Å²) in [6, 6.07) is 1.98. The molecule has 0 fully saturated rings. The van der Waals surface area contributed by atoms with Crippen LogP contribution in [0.4, 0.5) is 5.69 Å². The lowest BCUT2D eigenvalue weighted by atomic mass is 10.3. The van der Waals surface area contributed by atoms with E-state index in [1.807, 2.05) is 6.07 Å². The smallest absolute Gasteiger partial charge is 0.231 e. The minimum atomic E-state index is 0.273. The molecule has 0 bridgehead atoms. The highest BCUT2D eigenvalue weighted by molar-refractivity contribution is 14.1. The molecule has 2 rings (SSSR count). The maximum absolute atomic E-state index is 5.79. The molecule has 1 aromatic carbocycles. The monoisotopic (exact) mass is 389 g/mol. The second-order valence-corrected chi connectivity index (χ2v) is 4.64. The Bertz CT molecular complexity index is 341. The number of nitrogens with two attached hydrogens (primary N) is 1. The summed E-state index contributed by atoms with van der Waals surface area (Å²) in [5, 5.41) is 0. The summed E-state index contributed by atoms with van der Waals surface area (Å²) in [7, 11) is 0. The van der Waals surface area contributed by atoms with E-state index in [-0.39, 0.29) is 6.79 Å². The van der Waals surface area contributed by atoms with Gasteiger partial charge in [0.15, 0.2) is 11.5 Å². The maximum atomic E-state index is 5.79. The molecule has 0 saturated carbocycles. The van der Waals surface area contributed by atoms with E-state index in [0.717, 1.165) is 12.9 Å². The number of hydrogen-bond acceptors (Lipinski definition) is 3. The van der Waals surface area contributed by atoms with Crippen molar-refractivity contribution in [1.29, 1.82) is 0 Å². The summed E-state index contributed by atoms with van der Waals surface area (Å²) < 4.78 is 12.5. The van der Waals surface area contributed by atoms with Crippen molar-refractivity contribution in [2.75, 3.05) is 12.5 Å². The first-order valence-electron chi connectivity index (χ1n) is 3.23. The van der Waals surface area contributed by atoms with Crippen molar-refractivity contribution in [3.8, 4) is 11.5 Å². The van der Waals surface area contributed by atoms with E-state index >= 15 is 0 Å². The molecule has 0 atom stereocenters. The normalized spacial score (nSPS) is 13.5. The predicted molar refractivity (Wildman–Crippen MR) is 62.4 cm³/mol.